The molecule has 1 rings (SSSR count). The summed E-state index contributed by atoms with van der Waals surface area (Å²) in [5, 5.41) is 5.72. The lowest BCUT2D eigenvalue weighted by molar-refractivity contribution is 0.238. The molecule has 0 heterocycles. The van der Waals surface area contributed by atoms with Gasteiger partial charge in [-0.1, -0.05) is 31.2 Å². The summed E-state index contributed by atoms with van der Waals surface area (Å²) in [6.45, 7) is 6.79. The number of rotatable bonds is 4. The highest BCUT2D eigenvalue weighted by Gasteiger charge is 2.10. The maximum absolute atomic E-state index is 11.5. The molecule has 1 atom stereocenters. The monoisotopic (exact) mass is 220 g/mol. The Morgan fingerprint density at radius 2 is 2.06 bits per heavy atom. The van der Waals surface area contributed by atoms with Gasteiger partial charge in [0.15, 0.2) is 0 Å². The molecule has 1 aromatic rings. The Kier molecular flexibility index (Phi) is 4.83. The van der Waals surface area contributed by atoms with Crippen molar-refractivity contribution in [3.63, 3.8) is 0 Å². The minimum absolute atomic E-state index is 0.0399. The molecule has 16 heavy (non-hydrogen) atoms. The summed E-state index contributed by atoms with van der Waals surface area (Å²) in [6, 6.07) is 8.03. The van der Waals surface area contributed by atoms with Gasteiger partial charge in [-0.05, 0) is 31.4 Å². The fourth-order valence-corrected chi connectivity index (χ4v) is 1.64. The predicted molar refractivity (Wildman–Crippen MR) is 66.4 cm³/mol. The van der Waals surface area contributed by atoms with Crippen LogP contribution >= 0.6 is 0 Å². The molecule has 3 heteroatoms. The maximum atomic E-state index is 11.5. The van der Waals surface area contributed by atoms with Crippen LogP contribution in [-0.4, -0.2) is 12.6 Å². The van der Waals surface area contributed by atoms with Gasteiger partial charge < -0.3 is 10.6 Å². The highest BCUT2D eigenvalue weighted by Crippen LogP contribution is 2.16. The standard InChI is InChI=1S/C13H20N2O/c1-4-9-14-13(16)15-11(3)12-8-6-5-7-10(12)2/h5-8,11H,4,9H2,1-3H3,(H2,14,15,16)/t11-/m0/s1. The molecule has 0 saturated heterocycles. The number of carbonyl (C=O) groups excluding carboxylic acids is 1. The Bertz CT molecular complexity index is 350. The first-order valence-corrected chi connectivity index (χ1v) is 5.75. The first kappa shape index (κ1) is 12.6. The zero-order valence-electron chi connectivity index (χ0n) is 10.2. The second kappa shape index (κ2) is 6.16. The van der Waals surface area contributed by atoms with Crippen molar-refractivity contribution >= 4 is 6.03 Å². The molecule has 2 amide bonds. The second-order valence-corrected chi connectivity index (χ2v) is 3.98. The van der Waals surface area contributed by atoms with E-state index in [1.165, 1.54) is 5.56 Å². The lowest BCUT2D eigenvalue weighted by atomic mass is 10.0. The number of benzene rings is 1. The Balaban J connectivity index is 2.55. The van der Waals surface area contributed by atoms with Gasteiger partial charge in [0.25, 0.3) is 0 Å². The Hall–Kier alpha value is -1.51. The third-order valence-corrected chi connectivity index (χ3v) is 2.54. The molecule has 0 saturated carbocycles. The van der Waals surface area contributed by atoms with E-state index in [0.717, 1.165) is 12.0 Å². The number of amides is 2. The van der Waals surface area contributed by atoms with Crippen LogP contribution in [0.3, 0.4) is 0 Å². The fourth-order valence-electron chi connectivity index (χ4n) is 1.64. The summed E-state index contributed by atoms with van der Waals surface area (Å²) < 4.78 is 0. The molecule has 0 unspecified atom stereocenters. The predicted octanol–water partition coefficient (Wildman–Crippen LogP) is 2.77. The van der Waals surface area contributed by atoms with Crippen LogP contribution in [0.1, 0.15) is 37.4 Å². The second-order valence-electron chi connectivity index (χ2n) is 3.98. The van der Waals surface area contributed by atoms with Crippen molar-refractivity contribution in [3.8, 4) is 0 Å². The lowest BCUT2D eigenvalue weighted by Crippen LogP contribution is -2.37. The molecule has 0 aliphatic carbocycles. The molecule has 0 aromatic heterocycles. The number of hydrogen-bond acceptors (Lipinski definition) is 1. The van der Waals surface area contributed by atoms with E-state index in [1.807, 2.05) is 32.0 Å². The van der Waals surface area contributed by atoms with Gasteiger partial charge in [-0.2, -0.15) is 0 Å². The van der Waals surface area contributed by atoms with E-state index >= 15 is 0 Å². The maximum Gasteiger partial charge on any atom is 0.315 e. The molecule has 2 N–H and O–H groups in total. The summed E-state index contributed by atoms with van der Waals surface area (Å²) in [6.07, 6.45) is 0.951. The van der Waals surface area contributed by atoms with Crippen LogP contribution in [0.4, 0.5) is 4.79 Å². The molecule has 3 nitrogen and oxygen atoms in total. The highest BCUT2D eigenvalue weighted by atomic mass is 16.2. The van der Waals surface area contributed by atoms with Crippen LogP contribution in [0.5, 0.6) is 0 Å². The SMILES string of the molecule is CCCNC(=O)N[C@@H](C)c1ccccc1C. The van der Waals surface area contributed by atoms with E-state index in [0.29, 0.717) is 6.54 Å². The van der Waals surface area contributed by atoms with Crippen LogP contribution in [0.25, 0.3) is 0 Å². The summed E-state index contributed by atoms with van der Waals surface area (Å²) >= 11 is 0. The van der Waals surface area contributed by atoms with E-state index in [4.69, 9.17) is 0 Å². The van der Waals surface area contributed by atoms with Crippen molar-refractivity contribution in [2.75, 3.05) is 6.54 Å². The van der Waals surface area contributed by atoms with Gasteiger partial charge in [0.1, 0.15) is 0 Å². The molecule has 88 valence electrons. The number of hydrogen-bond donors (Lipinski definition) is 2. The topological polar surface area (TPSA) is 41.1 Å². The van der Waals surface area contributed by atoms with E-state index < -0.39 is 0 Å². The Morgan fingerprint density at radius 3 is 2.69 bits per heavy atom. The molecular formula is C13H20N2O. The van der Waals surface area contributed by atoms with Gasteiger partial charge >= 0.3 is 6.03 Å². The number of urea groups is 1. The third kappa shape index (κ3) is 3.57. The average Bonchev–Trinajstić information content (AvgIpc) is 2.26. The molecular weight excluding hydrogens is 200 g/mol. The summed E-state index contributed by atoms with van der Waals surface area (Å²) in [5.41, 5.74) is 2.36. The smallest absolute Gasteiger partial charge is 0.315 e. The minimum atomic E-state index is -0.0994. The van der Waals surface area contributed by atoms with E-state index in [-0.39, 0.29) is 12.1 Å². The summed E-state index contributed by atoms with van der Waals surface area (Å²) in [4.78, 5) is 11.5. The van der Waals surface area contributed by atoms with E-state index in [1.54, 1.807) is 0 Å². The fraction of sp³-hybridized carbons (Fsp3) is 0.462. The quantitative estimate of drug-likeness (QED) is 0.805. The van der Waals surface area contributed by atoms with Crippen molar-refractivity contribution in [3.05, 3.63) is 35.4 Å². The highest BCUT2D eigenvalue weighted by molar-refractivity contribution is 5.74. The van der Waals surface area contributed by atoms with Gasteiger partial charge in [-0.15, -0.1) is 0 Å². The van der Waals surface area contributed by atoms with Gasteiger partial charge in [0.05, 0.1) is 6.04 Å². The molecule has 0 bridgehead atoms. The van der Waals surface area contributed by atoms with Gasteiger partial charge in [0, 0.05) is 6.54 Å². The Morgan fingerprint density at radius 1 is 1.38 bits per heavy atom. The first-order valence-electron chi connectivity index (χ1n) is 5.75. The molecule has 1 aromatic carbocycles. The zero-order valence-corrected chi connectivity index (χ0v) is 10.2. The van der Waals surface area contributed by atoms with Crippen LogP contribution in [-0.2, 0) is 0 Å². The number of aryl methyl sites for hydroxylation is 1. The van der Waals surface area contributed by atoms with E-state index in [9.17, 15) is 4.79 Å². The Labute approximate surface area is 97.2 Å². The van der Waals surface area contributed by atoms with Gasteiger partial charge in [0.2, 0.25) is 0 Å². The van der Waals surface area contributed by atoms with Crippen LogP contribution in [0, 0.1) is 6.92 Å². The van der Waals surface area contributed by atoms with Crippen molar-refractivity contribution in [1.82, 2.24) is 10.6 Å². The molecule has 0 radical (unpaired) electrons. The van der Waals surface area contributed by atoms with Crippen molar-refractivity contribution in [2.24, 2.45) is 0 Å². The van der Waals surface area contributed by atoms with Crippen molar-refractivity contribution in [1.29, 1.82) is 0 Å². The largest absolute Gasteiger partial charge is 0.338 e. The minimum Gasteiger partial charge on any atom is -0.338 e. The van der Waals surface area contributed by atoms with Gasteiger partial charge in [-0.25, -0.2) is 4.79 Å². The summed E-state index contributed by atoms with van der Waals surface area (Å²) in [7, 11) is 0. The van der Waals surface area contributed by atoms with Crippen LogP contribution in [0.2, 0.25) is 0 Å². The zero-order chi connectivity index (χ0) is 12.0. The van der Waals surface area contributed by atoms with Crippen molar-refractivity contribution in [2.45, 2.75) is 33.2 Å². The van der Waals surface area contributed by atoms with Crippen LogP contribution in [0.15, 0.2) is 24.3 Å². The summed E-state index contributed by atoms with van der Waals surface area (Å²) in [5.74, 6) is 0. The normalized spacial score (nSPS) is 11.9. The average molecular weight is 220 g/mol. The van der Waals surface area contributed by atoms with E-state index in [2.05, 4.69) is 23.6 Å². The molecule has 0 aliphatic heterocycles. The first-order chi connectivity index (χ1) is 7.65. The third-order valence-electron chi connectivity index (χ3n) is 2.54. The van der Waals surface area contributed by atoms with Gasteiger partial charge in [-0.3, -0.25) is 0 Å². The molecule has 0 aliphatic rings. The molecule has 0 fully saturated rings. The lowest BCUT2D eigenvalue weighted by Gasteiger charge is -2.16. The van der Waals surface area contributed by atoms with Crippen LogP contribution < -0.4 is 10.6 Å². The molecule has 0 spiro atoms. The number of nitrogens with one attached hydrogen (secondary N) is 2. The van der Waals surface area contributed by atoms with Crippen molar-refractivity contribution < 1.29 is 4.79 Å². The number of carbonyl (C=O) groups is 1.